The lowest BCUT2D eigenvalue weighted by atomic mass is 9.87. The molecule has 33 heavy (non-hydrogen) atoms. The maximum absolute atomic E-state index is 13.3. The van der Waals surface area contributed by atoms with Crippen LogP contribution in [0.4, 0.5) is 18.9 Å². The van der Waals surface area contributed by atoms with E-state index in [1.165, 1.54) is 18.6 Å². The number of hydrogen-bond donors (Lipinski definition) is 2. The Bertz CT molecular complexity index is 995. The summed E-state index contributed by atoms with van der Waals surface area (Å²) in [6, 6.07) is 12.7. The largest absolute Gasteiger partial charge is 0.416 e. The van der Waals surface area contributed by atoms with E-state index in [0.717, 1.165) is 50.5 Å². The van der Waals surface area contributed by atoms with Crippen molar-refractivity contribution >= 4 is 28.9 Å². The Balaban J connectivity index is 1.44. The fourth-order valence-corrected chi connectivity index (χ4v) is 5.13. The molecule has 8 heteroatoms. The molecule has 4 nitrogen and oxygen atoms in total. The lowest BCUT2D eigenvalue weighted by Gasteiger charge is -2.33. The Morgan fingerprint density at radius 3 is 2.24 bits per heavy atom. The summed E-state index contributed by atoms with van der Waals surface area (Å²) < 4.78 is 39.8. The third-order valence-electron chi connectivity index (χ3n) is 6.59. The molecule has 0 unspecified atom stereocenters. The van der Waals surface area contributed by atoms with Gasteiger partial charge in [0.15, 0.2) is 5.11 Å². The van der Waals surface area contributed by atoms with E-state index >= 15 is 0 Å². The average molecular weight is 476 g/mol. The summed E-state index contributed by atoms with van der Waals surface area (Å²) >= 11 is 5.52. The van der Waals surface area contributed by atoms with Gasteiger partial charge in [0.05, 0.1) is 11.1 Å². The lowest BCUT2D eigenvalue weighted by Crippen LogP contribution is -2.45. The Morgan fingerprint density at radius 2 is 1.61 bits per heavy atom. The highest BCUT2D eigenvalue weighted by atomic mass is 32.1. The number of carbonyl (C=O) groups is 1. The van der Waals surface area contributed by atoms with E-state index in [1.807, 2.05) is 4.90 Å². The van der Waals surface area contributed by atoms with Crippen LogP contribution in [0, 0.1) is 0 Å². The second-order valence-electron chi connectivity index (χ2n) is 8.88. The molecule has 176 valence electrons. The molecule has 1 aliphatic carbocycles. The van der Waals surface area contributed by atoms with Crippen molar-refractivity contribution in [2.24, 2.45) is 0 Å². The van der Waals surface area contributed by atoms with Gasteiger partial charge in [-0.2, -0.15) is 13.2 Å². The molecular weight excluding hydrogens is 447 g/mol. The standard InChI is InChI=1S/C25H28F3N3OS/c26-25(27,28)20-8-6-7-19(17-20)24(13-2-3-14-24)30-23(33)29-21-11-9-18(10-12-21)22(32)31-15-4-1-5-16-31/h6-12,17H,1-5,13-16H2,(H2,29,30,33). The van der Waals surface area contributed by atoms with E-state index in [0.29, 0.717) is 29.1 Å². The topological polar surface area (TPSA) is 44.4 Å². The molecule has 1 saturated heterocycles. The fraction of sp³-hybridized carbons (Fsp3) is 0.440. The maximum Gasteiger partial charge on any atom is 0.416 e. The monoisotopic (exact) mass is 475 g/mol. The number of anilines is 1. The molecule has 0 bridgehead atoms. The summed E-state index contributed by atoms with van der Waals surface area (Å²) in [5.74, 6) is 0.0383. The summed E-state index contributed by atoms with van der Waals surface area (Å²) in [6.45, 7) is 1.59. The van der Waals surface area contributed by atoms with Crippen molar-refractivity contribution in [3.63, 3.8) is 0 Å². The zero-order valence-electron chi connectivity index (χ0n) is 18.4. The lowest BCUT2D eigenvalue weighted by molar-refractivity contribution is -0.137. The number of likely N-dealkylation sites (tertiary alicyclic amines) is 1. The van der Waals surface area contributed by atoms with E-state index in [9.17, 15) is 18.0 Å². The molecule has 2 aliphatic rings. The molecule has 0 aromatic heterocycles. The third kappa shape index (κ3) is 5.49. The van der Waals surface area contributed by atoms with E-state index in [1.54, 1.807) is 30.3 Å². The molecule has 2 N–H and O–H groups in total. The van der Waals surface area contributed by atoms with Gasteiger partial charge in [0, 0.05) is 24.3 Å². The second-order valence-corrected chi connectivity index (χ2v) is 9.29. The first-order valence-electron chi connectivity index (χ1n) is 11.4. The van der Waals surface area contributed by atoms with Crippen molar-refractivity contribution in [1.82, 2.24) is 10.2 Å². The van der Waals surface area contributed by atoms with Gasteiger partial charge in [-0.15, -0.1) is 0 Å². The number of nitrogens with zero attached hydrogens (tertiary/aromatic N) is 1. The molecule has 2 aromatic rings. The first-order valence-corrected chi connectivity index (χ1v) is 11.8. The Morgan fingerprint density at radius 1 is 0.939 bits per heavy atom. The van der Waals surface area contributed by atoms with Crippen LogP contribution in [0.5, 0.6) is 0 Å². The number of carbonyl (C=O) groups excluding carboxylic acids is 1. The molecule has 2 fully saturated rings. The van der Waals surface area contributed by atoms with Crippen molar-refractivity contribution in [2.45, 2.75) is 56.7 Å². The maximum atomic E-state index is 13.3. The van der Waals surface area contributed by atoms with E-state index in [2.05, 4.69) is 10.6 Å². The van der Waals surface area contributed by atoms with Crippen LogP contribution >= 0.6 is 12.2 Å². The first-order chi connectivity index (χ1) is 15.8. The molecule has 1 heterocycles. The highest BCUT2D eigenvalue weighted by molar-refractivity contribution is 7.80. The number of benzene rings is 2. The number of hydrogen-bond acceptors (Lipinski definition) is 2. The molecule has 1 amide bonds. The van der Waals surface area contributed by atoms with Crippen molar-refractivity contribution < 1.29 is 18.0 Å². The minimum atomic E-state index is -4.39. The molecule has 0 atom stereocenters. The summed E-state index contributed by atoms with van der Waals surface area (Å²) in [5, 5.41) is 6.78. The number of thiocarbonyl (C=S) groups is 1. The second kappa shape index (κ2) is 9.71. The van der Waals surface area contributed by atoms with Crippen molar-refractivity contribution in [2.75, 3.05) is 18.4 Å². The minimum absolute atomic E-state index is 0.0383. The first kappa shape index (κ1) is 23.5. The quantitative estimate of drug-likeness (QED) is 0.526. The summed E-state index contributed by atoms with van der Waals surface area (Å²) in [7, 11) is 0. The van der Waals surface area contributed by atoms with Crippen molar-refractivity contribution in [3.05, 3.63) is 65.2 Å². The number of rotatable bonds is 4. The number of halogens is 3. The van der Waals surface area contributed by atoms with Crippen LogP contribution in [0.15, 0.2) is 48.5 Å². The SMILES string of the molecule is O=C(c1ccc(NC(=S)NC2(c3cccc(C(F)(F)F)c3)CCCC2)cc1)N1CCCCC1. The van der Waals surface area contributed by atoms with Crippen LogP contribution in [-0.4, -0.2) is 29.0 Å². The zero-order chi connectivity index (χ0) is 23.5. The van der Waals surface area contributed by atoms with Gasteiger partial charge in [-0.25, -0.2) is 0 Å². The predicted molar refractivity (Wildman–Crippen MR) is 127 cm³/mol. The van der Waals surface area contributed by atoms with E-state index in [-0.39, 0.29) is 5.91 Å². The smallest absolute Gasteiger partial charge is 0.353 e. The molecule has 1 saturated carbocycles. The molecule has 2 aromatic carbocycles. The summed E-state index contributed by atoms with van der Waals surface area (Å²) in [5.41, 5.74) is 0.676. The Hall–Kier alpha value is -2.61. The Kier molecular flexibility index (Phi) is 6.93. The number of alkyl halides is 3. The van der Waals surface area contributed by atoms with Crippen LogP contribution in [-0.2, 0) is 11.7 Å². The summed E-state index contributed by atoms with van der Waals surface area (Å²) in [4.78, 5) is 14.5. The van der Waals surface area contributed by atoms with Crippen LogP contribution in [0.1, 0.15) is 66.4 Å². The van der Waals surface area contributed by atoms with Gasteiger partial charge < -0.3 is 15.5 Å². The normalized spacial score (nSPS) is 18.1. The Labute approximate surface area is 197 Å². The third-order valence-corrected chi connectivity index (χ3v) is 6.79. The van der Waals surface area contributed by atoms with Crippen LogP contribution in [0.3, 0.4) is 0 Å². The number of amides is 1. The molecule has 0 spiro atoms. The highest BCUT2D eigenvalue weighted by Gasteiger charge is 2.38. The van der Waals surface area contributed by atoms with E-state index in [4.69, 9.17) is 12.2 Å². The highest BCUT2D eigenvalue weighted by Crippen LogP contribution is 2.41. The predicted octanol–water partition coefficient (Wildman–Crippen LogP) is 6.09. The van der Waals surface area contributed by atoms with Crippen LogP contribution in [0.25, 0.3) is 0 Å². The van der Waals surface area contributed by atoms with Gasteiger partial charge in [0.1, 0.15) is 0 Å². The zero-order valence-corrected chi connectivity index (χ0v) is 19.2. The van der Waals surface area contributed by atoms with Gasteiger partial charge in [-0.05, 0) is 86.3 Å². The van der Waals surface area contributed by atoms with Crippen molar-refractivity contribution in [1.29, 1.82) is 0 Å². The van der Waals surface area contributed by atoms with Gasteiger partial charge >= 0.3 is 6.18 Å². The minimum Gasteiger partial charge on any atom is -0.353 e. The van der Waals surface area contributed by atoms with Gasteiger partial charge in [-0.3, -0.25) is 4.79 Å². The molecule has 0 radical (unpaired) electrons. The van der Waals surface area contributed by atoms with Crippen molar-refractivity contribution in [3.8, 4) is 0 Å². The van der Waals surface area contributed by atoms with E-state index < -0.39 is 17.3 Å². The molecule has 1 aliphatic heterocycles. The van der Waals surface area contributed by atoms with Crippen LogP contribution < -0.4 is 10.6 Å². The molecular formula is C25H28F3N3OS. The van der Waals surface area contributed by atoms with Crippen LogP contribution in [0.2, 0.25) is 0 Å². The average Bonchev–Trinajstić information content (AvgIpc) is 3.29. The molecule has 4 rings (SSSR count). The number of piperidine rings is 1. The fourth-order valence-electron chi connectivity index (χ4n) is 4.81. The summed E-state index contributed by atoms with van der Waals surface area (Å²) in [6.07, 6.45) is 2.11. The van der Waals surface area contributed by atoms with Gasteiger partial charge in [0.2, 0.25) is 0 Å². The van der Waals surface area contributed by atoms with Gasteiger partial charge in [-0.1, -0.05) is 25.0 Å². The number of nitrogens with one attached hydrogen (secondary N) is 2. The van der Waals surface area contributed by atoms with Gasteiger partial charge in [0.25, 0.3) is 5.91 Å².